The van der Waals surface area contributed by atoms with Crippen molar-refractivity contribution >= 4 is 5.82 Å². The van der Waals surface area contributed by atoms with Gasteiger partial charge >= 0.3 is 0 Å². The highest BCUT2D eigenvalue weighted by Gasteiger charge is 1.98. The lowest BCUT2D eigenvalue weighted by Crippen LogP contribution is -2.03. The van der Waals surface area contributed by atoms with E-state index in [1.807, 2.05) is 44.3 Å². The number of hydrogen-bond donors (Lipinski definition) is 1. The largest absolute Gasteiger partial charge is 0.478 e. The molecule has 2 aromatic heterocycles. The number of rotatable bonds is 5. The third-order valence-corrected chi connectivity index (χ3v) is 2.46. The SMILES string of the molecule is CCOc1cccc(NCc2ccc(C)nc2)n1. The molecule has 2 aromatic rings. The van der Waals surface area contributed by atoms with Gasteiger partial charge < -0.3 is 10.1 Å². The summed E-state index contributed by atoms with van der Waals surface area (Å²) in [6, 6.07) is 9.75. The first-order valence-electron chi connectivity index (χ1n) is 6.03. The molecule has 4 heteroatoms. The van der Waals surface area contributed by atoms with Crippen LogP contribution in [0.1, 0.15) is 18.2 Å². The molecule has 0 aliphatic rings. The lowest BCUT2D eigenvalue weighted by Gasteiger charge is -2.07. The maximum Gasteiger partial charge on any atom is 0.215 e. The van der Waals surface area contributed by atoms with E-state index in [0.29, 0.717) is 19.0 Å². The summed E-state index contributed by atoms with van der Waals surface area (Å²) in [5.74, 6) is 1.45. The molecule has 0 radical (unpaired) electrons. The quantitative estimate of drug-likeness (QED) is 0.877. The summed E-state index contributed by atoms with van der Waals surface area (Å²) in [7, 11) is 0. The highest BCUT2D eigenvalue weighted by atomic mass is 16.5. The van der Waals surface area contributed by atoms with E-state index >= 15 is 0 Å². The van der Waals surface area contributed by atoms with Crippen LogP contribution in [0.4, 0.5) is 5.82 Å². The van der Waals surface area contributed by atoms with E-state index < -0.39 is 0 Å². The highest BCUT2D eigenvalue weighted by molar-refractivity contribution is 5.37. The van der Waals surface area contributed by atoms with Crippen LogP contribution in [0.25, 0.3) is 0 Å². The number of hydrogen-bond acceptors (Lipinski definition) is 4. The summed E-state index contributed by atoms with van der Waals surface area (Å²) >= 11 is 0. The maximum atomic E-state index is 5.35. The molecule has 0 aliphatic carbocycles. The second-order valence-corrected chi connectivity index (χ2v) is 3.96. The first-order valence-corrected chi connectivity index (χ1v) is 6.03. The Bertz CT molecular complexity index is 497. The number of anilines is 1. The Kier molecular flexibility index (Phi) is 4.12. The molecule has 0 bridgehead atoms. The Morgan fingerprint density at radius 2 is 2.11 bits per heavy atom. The van der Waals surface area contributed by atoms with Gasteiger partial charge in [0, 0.05) is 24.5 Å². The minimum Gasteiger partial charge on any atom is -0.478 e. The molecule has 18 heavy (non-hydrogen) atoms. The second-order valence-electron chi connectivity index (χ2n) is 3.96. The molecule has 0 unspecified atom stereocenters. The van der Waals surface area contributed by atoms with E-state index in [0.717, 1.165) is 17.1 Å². The van der Waals surface area contributed by atoms with Crippen molar-refractivity contribution in [3.05, 3.63) is 47.8 Å². The second kappa shape index (κ2) is 6.00. The Hall–Kier alpha value is -2.10. The minimum absolute atomic E-state index is 0.623. The molecule has 0 saturated carbocycles. The zero-order chi connectivity index (χ0) is 12.8. The minimum atomic E-state index is 0.623. The molecule has 4 nitrogen and oxygen atoms in total. The van der Waals surface area contributed by atoms with Crippen molar-refractivity contribution in [1.29, 1.82) is 0 Å². The van der Waals surface area contributed by atoms with Crippen LogP contribution in [0.2, 0.25) is 0 Å². The molecule has 0 aliphatic heterocycles. The van der Waals surface area contributed by atoms with Crippen LogP contribution in [0, 0.1) is 6.92 Å². The average molecular weight is 243 g/mol. The van der Waals surface area contributed by atoms with Crippen LogP contribution in [-0.4, -0.2) is 16.6 Å². The first-order chi connectivity index (χ1) is 8.78. The van der Waals surface area contributed by atoms with Crippen molar-refractivity contribution < 1.29 is 4.74 Å². The molecule has 0 atom stereocenters. The van der Waals surface area contributed by atoms with Crippen molar-refractivity contribution in [2.75, 3.05) is 11.9 Å². The summed E-state index contributed by atoms with van der Waals surface area (Å²) in [5, 5.41) is 3.25. The molecule has 0 saturated heterocycles. The Morgan fingerprint density at radius 3 is 2.83 bits per heavy atom. The summed E-state index contributed by atoms with van der Waals surface area (Å²) < 4.78 is 5.35. The normalized spacial score (nSPS) is 10.1. The lowest BCUT2D eigenvalue weighted by molar-refractivity contribution is 0.327. The summed E-state index contributed by atoms with van der Waals surface area (Å²) in [5.41, 5.74) is 2.15. The van der Waals surface area contributed by atoms with Crippen molar-refractivity contribution in [2.24, 2.45) is 0 Å². The molecular weight excluding hydrogens is 226 g/mol. The van der Waals surface area contributed by atoms with E-state index in [4.69, 9.17) is 4.74 Å². The van der Waals surface area contributed by atoms with Gasteiger partial charge in [0.1, 0.15) is 5.82 Å². The van der Waals surface area contributed by atoms with Crippen LogP contribution in [0.5, 0.6) is 5.88 Å². The zero-order valence-corrected chi connectivity index (χ0v) is 10.7. The van der Waals surface area contributed by atoms with Crippen LogP contribution in [0.3, 0.4) is 0 Å². The first kappa shape index (κ1) is 12.4. The van der Waals surface area contributed by atoms with Gasteiger partial charge in [0.15, 0.2) is 0 Å². The van der Waals surface area contributed by atoms with Gasteiger partial charge in [-0.3, -0.25) is 4.98 Å². The molecular formula is C14H17N3O. The van der Waals surface area contributed by atoms with Crippen molar-refractivity contribution in [3.63, 3.8) is 0 Å². The van der Waals surface area contributed by atoms with E-state index in [2.05, 4.69) is 21.4 Å². The summed E-state index contributed by atoms with van der Waals surface area (Å²) in [4.78, 5) is 8.59. The van der Waals surface area contributed by atoms with Gasteiger partial charge in [-0.05, 0) is 31.5 Å². The summed E-state index contributed by atoms with van der Waals surface area (Å²) in [6.07, 6.45) is 1.87. The van der Waals surface area contributed by atoms with Gasteiger partial charge in [-0.15, -0.1) is 0 Å². The maximum absolute atomic E-state index is 5.35. The smallest absolute Gasteiger partial charge is 0.215 e. The number of aryl methyl sites for hydroxylation is 1. The number of ether oxygens (including phenoxy) is 1. The predicted octanol–water partition coefficient (Wildman–Crippen LogP) is 2.80. The van der Waals surface area contributed by atoms with Crippen molar-refractivity contribution in [1.82, 2.24) is 9.97 Å². The number of aromatic nitrogens is 2. The Morgan fingerprint density at radius 1 is 1.22 bits per heavy atom. The average Bonchev–Trinajstić information content (AvgIpc) is 2.39. The van der Waals surface area contributed by atoms with Crippen LogP contribution < -0.4 is 10.1 Å². The number of nitrogens with zero attached hydrogens (tertiary/aromatic N) is 2. The molecule has 0 spiro atoms. The number of pyridine rings is 2. The van der Waals surface area contributed by atoms with Crippen molar-refractivity contribution in [3.8, 4) is 5.88 Å². The standard InChI is InChI=1S/C14H17N3O/c1-3-18-14-6-4-5-13(17-14)16-10-12-8-7-11(2)15-9-12/h4-9H,3,10H2,1-2H3,(H,16,17). The fourth-order valence-corrected chi connectivity index (χ4v) is 1.54. The molecule has 0 fully saturated rings. The summed E-state index contributed by atoms with van der Waals surface area (Å²) in [6.45, 7) is 5.25. The van der Waals surface area contributed by atoms with Gasteiger partial charge in [0.2, 0.25) is 5.88 Å². The molecule has 0 amide bonds. The fraction of sp³-hybridized carbons (Fsp3) is 0.286. The molecule has 2 rings (SSSR count). The van der Waals surface area contributed by atoms with E-state index in [-0.39, 0.29) is 0 Å². The van der Waals surface area contributed by atoms with Crippen LogP contribution in [-0.2, 0) is 6.54 Å². The van der Waals surface area contributed by atoms with Gasteiger partial charge in [-0.2, -0.15) is 4.98 Å². The van der Waals surface area contributed by atoms with E-state index in [9.17, 15) is 0 Å². The van der Waals surface area contributed by atoms with Crippen molar-refractivity contribution in [2.45, 2.75) is 20.4 Å². The van der Waals surface area contributed by atoms with Gasteiger partial charge in [-0.1, -0.05) is 12.1 Å². The predicted molar refractivity (Wildman–Crippen MR) is 71.7 cm³/mol. The van der Waals surface area contributed by atoms with E-state index in [1.54, 1.807) is 0 Å². The third kappa shape index (κ3) is 3.45. The fourth-order valence-electron chi connectivity index (χ4n) is 1.54. The third-order valence-electron chi connectivity index (χ3n) is 2.46. The topological polar surface area (TPSA) is 47.0 Å². The zero-order valence-electron chi connectivity index (χ0n) is 10.7. The van der Waals surface area contributed by atoms with E-state index in [1.165, 1.54) is 0 Å². The molecule has 94 valence electrons. The Balaban J connectivity index is 1.97. The number of nitrogens with one attached hydrogen (secondary N) is 1. The molecule has 2 heterocycles. The lowest BCUT2D eigenvalue weighted by atomic mass is 10.2. The molecule has 0 aromatic carbocycles. The van der Waals surface area contributed by atoms with Gasteiger partial charge in [0.25, 0.3) is 0 Å². The van der Waals surface area contributed by atoms with Gasteiger partial charge in [0.05, 0.1) is 6.61 Å². The highest BCUT2D eigenvalue weighted by Crippen LogP contribution is 2.12. The van der Waals surface area contributed by atoms with Crippen LogP contribution >= 0.6 is 0 Å². The van der Waals surface area contributed by atoms with Gasteiger partial charge in [-0.25, -0.2) is 0 Å². The Labute approximate surface area is 107 Å². The monoisotopic (exact) mass is 243 g/mol. The van der Waals surface area contributed by atoms with Crippen LogP contribution in [0.15, 0.2) is 36.5 Å². The molecule has 1 N–H and O–H groups in total.